The van der Waals surface area contributed by atoms with Gasteiger partial charge in [0.15, 0.2) is 0 Å². The molecule has 0 aliphatic rings. The molecule has 1 atom stereocenters. The van der Waals surface area contributed by atoms with Crippen LogP contribution in [0.3, 0.4) is 0 Å². The molecule has 0 unspecified atom stereocenters. The second-order valence-corrected chi connectivity index (χ2v) is 7.59. The van der Waals surface area contributed by atoms with E-state index in [1.54, 1.807) is 6.92 Å². The van der Waals surface area contributed by atoms with Gasteiger partial charge in [0.25, 0.3) is 0 Å². The highest BCUT2D eigenvalue weighted by Gasteiger charge is 2.07. The fourth-order valence-corrected chi connectivity index (χ4v) is 2.79. The Balaban J connectivity index is 0. The Kier molecular flexibility index (Phi) is 29.1. The Labute approximate surface area is 196 Å². The molecule has 0 heterocycles. The van der Waals surface area contributed by atoms with E-state index in [0.717, 1.165) is 13.0 Å². The summed E-state index contributed by atoms with van der Waals surface area (Å²) in [4.78, 5) is 11.1. The molecule has 0 amide bonds. The van der Waals surface area contributed by atoms with Gasteiger partial charge >= 0.3 is 5.97 Å². The molecule has 188 valence electrons. The Morgan fingerprint density at radius 2 is 0.968 bits per heavy atom. The SMILES string of the molecule is CCCCCCCCCCCCOCCOCCOCCOCCOC(=O)[C@H](C)N.Cl. The predicted molar refractivity (Wildman–Crippen MR) is 127 cm³/mol. The highest BCUT2D eigenvalue weighted by Crippen LogP contribution is 2.10. The number of carbonyl (C=O) groups is 1. The van der Waals surface area contributed by atoms with Crippen molar-refractivity contribution in [3.63, 3.8) is 0 Å². The van der Waals surface area contributed by atoms with Crippen LogP contribution in [-0.4, -0.2) is 71.5 Å². The lowest BCUT2D eigenvalue weighted by Crippen LogP contribution is -2.29. The average Bonchev–Trinajstić information content (AvgIpc) is 2.74. The molecular weight excluding hydrogens is 422 g/mol. The summed E-state index contributed by atoms with van der Waals surface area (Å²) in [7, 11) is 0. The van der Waals surface area contributed by atoms with E-state index >= 15 is 0 Å². The third-order valence-corrected chi connectivity index (χ3v) is 4.60. The van der Waals surface area contributed by atoms with Crippen LogP contribution in [0.25, 0.3) is 0 Å². The molecule has 0 bridgehead atoms. The van der Waals surface area contributed by atoms with Gasteiger partial charge in [-0.2, -0.15) is 0 Å². The number of hydrogen-bond acceptors (Lipinski definition) is 7. The number of carbonyl (C=O) groups excluding carboxylic acids is 1. The Hall–Kier alpha value is -0.440. The van der Waals surface area contributed by atoms with E-state index < -0.39 is 12.0 Å². The minimum atomic E-state index is -0.599. The molecule has 0 fully saturated rings. The Morgan fingerprint density at radius 1 is 0.613 bits per heavy atom. The minimum absolute atomic E-state index is 0. The molecule has 8 heteroatoms. The molecule has 0 aliphatic carbocycles. The van der Waals surface area contributed by atoms with Crippen molar-refractivity contribution in [1.29, 1.82) is 0 Å². The van der Waals surface area contributed by atoms with E-state index in [1.165, 1.54) is 57.8 Å². The third kappa shape index (κ3) is 27.5. The van der Waals surface area contributed by atoms with Gasteiger partial charge in [-0.1, -0.05) is 64.7 Å². The summed E-state index contributed by atoms with van der Waals surface area (Å²) in [5, 5.41) is 0. The third-order valence-electron chi connectivity index (χ3n) is 4.60. The summed E-state index contributed by atoms with van der Waals surface area (Å²) in [6.45, 7) is 8.49. The number of unbranched alkanes of at least 4 members (excludes halogenated alkanes) is 9. The van der Waals surface area contributed by atoms with E-state index in [-0.39, 0.29) is 19.0 Å². The number of halogens is 1. The molecule has 0 aromatic heterocycles. The molecule has 7 nitrogen and oxygen atoms in total. The van der Waals surface area contributed by atoms with Crippen LogP contribution in [0.15, 0.2) is 0 Å². The summed E-state index contributed by atoms with van der Waals surface area (Å²) in [5.41, 5.74) is 5.38. The van der Waals surface area contributed by atoms with Crippen LogP contribution >= 0.6 is 12.4 Å². The zero-order valence-corrected chi connectivity index (χ0v) is 20.8. The lowest BCUT2D eigenvalue weighted by Gasteiger charge is -2.09. The van der Waals surface area contributed by atoms with Crippen LogP contribution in [0.1, 0.15) is 78.1 Å². The van der Waals surface area contributed by atoms with Crippen LogP contribution in [-0.2, 0) is 28.5 Å². The normalized spacial score (nSPS) is 11.8. The average molecular weight is 470 g/mol. The number of ether oxygens (including phenoxy) is 5. The molecule has 2 N–H and O–H groups in total. The predicted octanol–water partition coefficient (Wildman–Crippen LogP) is 4.29. The highest BCUT2D eigenvalue weighted by atomic mass is 35.5. The van der Waals surface area contributed by atoms with Crippen molar-refractivity contribution < 1.29 is 28.5 Å². The van der Waals surface area contributed by atoms with Crippen LogP contribution < -0.4 is 5.73 Å². The van der Waals surface area contributed by atoms with Crippen LogP contribution in [0.4, 0.5) is 0 Å². The lowest BCUT2D eigenvalue weighted by molar-refractivity contribution is -0.146. The Bertz CT molecular complexity index is 361. The maximum absolute atomic E-state index is 11.1. The van der Waals surface area contributed by atoms with Crippen molar-refractivity contribution in [2.75, 3.05) is 59.5 Å². The Morgan fingerprint density at radius 3 is 1.39 bits per heavy atom. The molecule has 0 aromatic rings. The molecule has 0 saturated heterocycles. The zero-order chi connectivity index (χ0) is 22.1. The standard InChI is InChI=1S/C23H47NO6.ClH/c1-3-4-5-6-7-8-9-10-11-12-13-26-14-15-27-16-17-28-18-19-29-20-21-30-23(25)22(2)24;/h22H,3-21,24H2,1-2H3;1H/t22-;/m0./s1. The number of rotatable bonds is 24. The van der Waals surface area contributed by atoms with Crippen molar-refractivity contribution in [2.45, 2.75) is 84.1 Å². The highest BCUT2D eigenvalue weighted by molar-refractivity contribution is 5.85. The van der Waals surface area contributed by atoms with Gasteiger partial charge in [-0.3, -0.25) is 4.79 Å². The molecule has 0 radical (unpaired) electrons. The van der Waals surface area contributed by atoms with Gasteiger partial charge in [0, 0.05) is 6.61 Å². The van der Waals surface area contributed by atoms with Gasteiger partial charge in [0.05, 0.1) is 46.2 Å². The molecular formula is C23H48ClNO6. The van der Waals surface area contributed by atoms with Gasteiger partial charge in [-0.25, -0.2) is 0 Å². The van der Waals surface area contributed by atoms with Crippen molar-refractivity contribution in [1.82, 2.24) is 0 Å². The van der Waals surface area contributed by atoms with Gasteiger partial charge < -0.3 is 29.4 Å². The fourth-order valence-electron chi connectivity index (χ4n) is 2.79. The summed E-state index contributed by atoms with van der Waals surface area (Å²) < 4.78 is 26.6. The van der Waals surface area contributed by atoms with E-state index in [4.69, 9.17) is 29.4 Å². The quantitative estimate of drug-likeness (QED) is 0.166. The minimum Gasteiger partial charge on any atom is -0.462 e. The van der Waals surface area contributed by atoms with Crippen LogP contribution in [0.5, 0.6) is 0 Å². The number of nitrogens with two attached hydrogens (primary N) is 1. The van der Waals surface area contributed by atoms with Gasteiger partial charge in [0.2, 0.25) is 0 Å². The van der Waals surface area contributed by atoms with Crippen LogP contribution in [0.2, 0.25) is 0 Å². The smallest absolute Gasteiger partial charge is 0.322 e. The van der Waals surface area contributed by atoms with E-state index in [9.17, 15) is 4.79 Å². The van der Waals surface area contributed by atoms with Crippen molar-refractivity contribution in [3.05, 3.63) is 0 Å². The van der Waals surface area contributed by atoms with Crippen molar-refractivity contribution in [3.8, 4) is 0 Å². The summed E-state index contributed by atoms with van der Waals surface area (Å²) >= 11 is 0. The number of hydrogen-bond donors (Lipinski definition) is 1. The number of esters is 1. The first-order valence-corrected chi connectivity index (χ1v) is 11.9. The maximum Gasteiger partial charge on any atom is 0.322 e. The molecule has 31 heavy (non-hydrogen) atoms. The second kappa shape index (κ2) is 27.6. The van der Waals surface area contributed by atoms with Crippen molar-refractivity contribution in [2.24, 2.45) is 5.73 Å². The van der Waals surface area contributed by atoms with E-state index in [0.29, 0.717) is 46.2 Å². The first-order chi connectivity index (χ1) is 14.7. The topological polar surface area (TPSA) is 89.2 Å². The maximum atomic E-state index is 11.1. The van der Waals surface area contributed by atoms with Gasteiger partial charge in [-0.15, -0.1) is 12.4 Å². The summed E-state index contributed by atoms with van der Waals surface area (Å²) in [5.74, 6) is -0.417. The van der Waals surface area contributed by atoms with E-state index in [2.05, 4.69) is 6.92 Å². The molecule has 0 saturated carbocycles. The van der Waals surface area contributed by atoms with E-state index in [1.807, 2.05) is 0 Å². The molecule has 0 spiro atoms. The molecule has 0 aliphatic heterocycles. The summed E-state index contributed by atoms with van der Waals surface area (Å²) in [6.07, 6.45) is 13.4. The van der Waals surface area contributed by atoms with Crippen molar-refractivity contribution >= 4 is 18.4 Å². The van der Waals surface area contributed by atoms with Gasteiger partial charge in [-0.05, 0) is 13.3 Å². The van der Waals surface area contributed by atoms with Gasteiger partial charge in [0.1, 0.15) is 12.6 Å². The molecule has 0 rings (SSSR count). The molecule has 0 aromatic carbocycles. The first-order valence-electron chi connectivity index (χ1n) is 11.9. The fraction of sp³-hybridized carbons (Fsp3) is 0.957. The first kappa shape index (κ1) is 32.7. The zero-order valence-electron chi connectivity index (χ0n) is 19.9. The van der Waals surface area contributed by atoms with Crippen LogP contribution in [0, 0.1) is 0 Å². The lowest BCUT2D eigenvalue weighted by atomic mass is 10.1. The largest absolute Gasteiger partial charge is 0.462 e. The second-order valence-electron chi connectivity index (χ2n) is 7.59. The summed E-state index contributed by atoms with van der Waals surface area (Å²) in [6, 6.07) is -0.599. The monoisotopic (exact) mass is 469 g/mol.